The van der Waals surface area contributed by atoms with Crippen molar-refractivity contribution >= 4 is 17.7 Å². The minimum Gasteiger partial charge on any atom is -0.480 e. The molecule has 1 aliphatic rings. The molecule has 1 fully saturated rings. The Bertz CT molecular complexity index is 792. The number of rotatable bonds is 6. The molecule has 2 N–H and O–H groups in total. The molecule has 1 aromatic carbocycles. The molecule has 0 saturated carbocycles. The monoisotopic (exact) mass is 384 g/mol. The van der Waals surface area contributed by atoms with Crippen molar-refractivity contribution < 1.29 is 19.4 Å². The number of carboxylic acids is 1. The molecule has 1 unspecified atom stereocenters. The summed E-state index contributed by atoms with van der Waals surface area (Å²) < 4.78 is 5.24. The van der Waals surface area contributed by atoms with Crippen LogP contribution in [0.1, 0.15) is 17.2 Å². The summed E-state index contributed by atoms with van der Waals surface area (Å²) in [6.45, 7) is 2.65. The van der Waals surface area contributed by atoms with E-state index in [-0.39, 0.29) is 6.03 Å². The minimum absolute atomic E-state index is 0.181. The van der Waals surface area contributed by atoms with Gasteiger partial charge in [-0.15, -0.1) is 0 Å². The maximum Gasteiger partial charge on any atom is 0.325 e. The largest absolute Gasteiger partial charge is 0.480 e. The van der Waals surface area contributed by atoms with Gasteiger partial charge in [0.05, 0.1) is 13.2 Å². The standard InChI is InChI=1S/C20H24N4O4/c1-23(14-15-3-2-8-21-13-15)18(19(25)26)16-4-6-17(7-5-16)22-20(27)24-9-11-28-12-10-24/h2-8,13,18H,9-12,14H2,1H3,(H,22,27)(H,25,26). The second-order valence-electron chi connectivity index (χ2n) is 6.67. The van der Waals surface area contributed by atoms with Crippen LogP contribution in [0.15, 0.2) is 48.8 Å². The fourth-order valence-electron chi connectivity index (χ4n) is 3.17. The van der Waals surface area contributed by atoms with E-state index >= 15 is 0 Å². The highest BCUT2D eigenvalue weighted by atomic mass is 16.5. The van der Waals surface area contributed by atoms with Gasteiger partial charge in [0.25, 0.3) is 0 Å². The lowest BCUT2D eigenvalue weighted by Crippen LogP contribution is -2.43. The van der Waals surface area contributed by atoms with Crippen molar-refractivity contribution in [2.45, 2.75) is 12.6 Å². The molecular formula is C20H24N4O4. The summed E-state index contributed by atoms with van der Waals surface area (Å²) in [5.74, 6) is -0.934. The number of nitrogens with zero attached hydrogens (tertiary/aromatic N) is 3. The molecule has 1 aliphatic heterocycles. The molecule has 0 aliphatic carbocycles. The Kier molecular flexibility index (Phi) is 6.57. The van der Waals surface area contributed by atoms with Crippen LogP contribution >= 0.6 is 0 Å². The summed E-state index contributed by atoms with van der Waals surface area (Å²) in [6, 6.07) is 9.66. The number of hydrogen-bond donors (Lipinski definition) is 2. The zero-order chi connectivity index (χ0) is 19.9. The number of benzene rings is 1. The first-order chi connectivity index (χ1) is 13.5. The van der Waals surface area contributed by atoms with E-state index in [1.165, 1.54) is 0 Å². The molecule has 1 atom stereocenters. The van der Waals surface area contributed by atoms with E-state index in [1.54, 1.807) is 53.5 Å². The SMILES string of the molecule is CN(Cc1cccnc1)C(C(=O)O)c1ccc(NC(=O)N2CCOCC2)cc1. The van der Waals surface area contributed by atoms with Crippen molar-refractivity contribution in [1.82, 2.24) is 14.8 Å². The van der Waals surface area contributed by atoms with Crippen LogP contribution in [0.25, 0.3) is 0 Å². The van der Waals surface area contributed by atoms with E-state index in [4.69, 9.17) is 4.74 Å². The quantitative estimate of drug-likeness (QED) is 0.793. The van der Waals surface area contributed by atoms with Crippen LogP contribution in [0.4, 0.5) is 10.5 Å². The maximum absolute atomic E-state index is 12.3. The molecule has 28 heavy (non-hydrogen) atoms. The Morgan fingerprint density at radius 2 is 1.96 bits per heavy atom. The molecule has 8 nitrogen and oxygen atoms in total. The van der Waals surface area contributed by atoms with E-state index in [9.17, 15) is 14.7 Å². The normalized spacial score (nSPS) is 15.3. The van der Waals surface area contributed by atoms with Gasteiger partial charge in [0.15, 0.2) is 0 Å². The highest BCUT2D eigenvalue weighted by molar-refractivity contribution is 5.89. The topological polar surface area (TPSA) is 95.0 Å². The van der Waals surface area contributed by atoms with Crippen LogP contribution in [0.5, 0.6) is 0 Å². The van der Waals surface area contributed by atoms with Crippen LogP contribution in [0, 0.1) is 0 Å². The highest BCUT2D eigenvalue weighted by Crippen LogP contribution is 2.23. The van der Waals surface area contributed by atoms with Gasteiger partial charge in [0.2, 0.25) is 0 Å². The van der Waals surface area contributed by atoms with Gasteiger partial charge in [-0.25, -0.2) is 4.79 Å². The van der Waals surface area contributed by atoms with Gasteiger partial charge in [-0.3, -0.25) is 14.7 Å². The number of urea groups is 1. The lowest BCUT2D eigenvalue weighted by atomic mass is 10.0. The molecule has 3 rings (SSSR count). The molecule has 1 aromatic heterocycles. The van der Waals surface area contributed by atoms with Gasteiger partial charge < -0.3 is 20.1 Å². The zero-order valence-electron chi connectivity index (χ0n) is 15.7. The third-order valence-electron chi connectivity index (χ3n) is 4.61. The summed E-state index contributed by atoms with van der Waals surface area (Å²) in [6.07, 6.45) is 3.40. The predicted molar refractivity (Wildman–Crippen MR) is 104 cm³/mol. The smallest absolute Gasteiger partial charge is 0.325 e. The van der Waals surface area contributed by atoms with Crippen LogP contribution in [0.2, 0.25) is 0 Å². The Morgan fingerprint density at radius 3 is 2.57 bits per heavy atom. The van der Waals surface area contributed by atoms with Crippen LogP contribution < -0.4 is 5.32 Å². The third kappa shape index (κ3) is 5.05. The van der Waals surface area contributed by atoms with Crippen molar-refractivity contribution in [1.29, 1.82) is 0 Å². The Balaban J connectivity index is 1.66. The van der Waals surface area contributed by atoms with Crippen LogP contribution in [0.3, 0.4) is 0 Å². The predicted octanol–water partition coefficient (Wildman–Crippen LogP) is 2.20. The molecule has 1 saturated heterocycles. The van der Waals surface area contributed by atoms with Gasteiger partial charge >= 0.3 is 12.0 Å². The first-order valence-corrected chi connectivity index (χ1v) is 9.10. The number of carboxylic acid groups (broad SMARTS) is 1. The number of carbonyl (C=O) groups excluding carboxylic acids is 1. The van der Waals surface area contributed by atoms with Gasteiger partial charge in [0.1, 0.15) is 6.04 Å². The summed E-state index contributed by atoms with van der Waals surface area (Å²) in [7, 11) is 1.76. The number of aromatic nitrogens is 1. The number of carbonyl (C=O) groups is 2. The average molecular weight is 384 g/mol. The van der Waals surface area contributed by atoms with E-state index in [2.05, 4.69) is 10.3 Å². The second kappa shape index (κ2) is 9.29. The Morgan fingerprint density at radius 1 is 1.25 bits per heavy atom. The summed E-state index contributed by atoms with van der Waals surface area (Å²) >= 11 is 0. The van der Waals surface area contributed by atoms with Gasteiger partial charge in [0, 0.05) is 37.7 Å². The van der Waals surface area contributed by atoms with Crippen molar-refractivity contribution in [2.75, 3.05) is 38.7 Å². The fourth-order valence-corrected chi connectivity index (χ4v) is 3.17. The zero-order valence-corrected chi connectivity index (χ0v) is 15.7. The molecule has 148 valence electrons. The maximum atomic E-state index is 12.3. The van der Waals surface area contributed by atoms with Crippen molar-refractivity contribution in [3.05, 3.63) is 59.9 Å². The number of amides is 2. The highest BCUT2D eigenvalue weighted by Gasteiger charge is 2.25. The second-order valence-corrected chi connectivity index (χ2v) is 6.67. The number of nitrogens with one attached hydrogen (secondary N) is 1. The number of morpholine rings is 1. The van der Waals surface area contributed by atoms with Crippen LogP contribution in [-0.4, -0.2) is 65.2 Å². The molecule has 0 bridgehead atoms. The fraction of sp³-hybridized carbons (Fsp3) is 0.350. The first-order valence-electron chi connectivity index (χ1n) is 9.10. The Hall–Kier alpha value is -2.97. The number of hydrogen-bond acceptors (Lipinski definition) is 5. The van der Waals surface area contributed by atoms with Crippen molar-refractivity contribution in [3.63, 3.8) is 0 Å². The molecule has 2 heterocycles. The van der Waals surface area contributed by atoms with E-state index in [0.717, 1.165) is 5.56 Å². The van der Waals surface area contributed by atoms with Crippen LogP contribution in [-0.2, 0) is 16.1 Å². The van der Waals surface area contributed by atoms with Crippen molar-refractivity contribution in [3.8, 4) is 0 Å². The Labute approximate surface area is 163 Å². The molecule has 2 amide bonds. The molecular weight excluding hydrogens is 360 g/mol. The van der Waals surface area contributed by atoms with Gasteiger partial charge in [-0.1, -0.05) is 18.2 Å². The third-order valence-corrected chi connectivity index (χ3v) is 4.61. The number of pyridine rings is 1. The lowest BCUT2D eigenvalue weighted by Gasteiger charge is -2.27. The lowest BCUT2D eigenvalue weighted by molar-refractivity contribution is -0.143. The molecule has 2 aromatic rings. The first kappa shape index (κ1) is 19.8. The van der Waals surface area contributed by atoms with E-state index < -0.39 is 12.0 Å². The van der Waals surface area contributed by atoms with Crippen molar-refractivity contribution in [2.24, 2.45) is 0 Å². The summed E-state index contributed by atoms with van der Waals surface area (Å²) in [5.41, 5.74) is 2.20. The molecule has 0 spiro atoms. The number of aliphatic carboxylic acids is 1. The minimum atomic E-state index is -0.934. The summed E-state index contributed by atoms with van der Waals surface area (Å²) in [4.78, 5) is 31.6. The number of ether oxygens (including phenoxy) is 1. The summed E-state index contributed by atoms with van der Waals surface area (Å²) in [5, 5.41) is 12.6. The number of likely N-dealkylation sites (N-methyl/N-ethyl adjacent to an activating group) is 1. The van der Waals surface area contributed by atoms with Gasteiger partial charge in [-0.2, -0.15) is 0 Å². The average Bonchev–Trinajstić information content (AvgIpc) is 2.70. The van der Waals surface area contributed by atoms with Gasteiger partial charge in [-0.05, 0) is 36.4 Å². The number of anilines is 1. The molecule has 8 heteroatoms. The van der Waals surface area contributed by atoms with E-state index in [0.29, 0.717) is 44.1 Å². The molecule has 0 radical (unpaired) electrons. The van der Waals surface area contributed by atoms with E-state index in [1.807, 2.05) is 12.1 Å².